The second-order valence-electron chi connectivity index (χ2n) is 3.27. The predicted molar refractivity (Wildman–Crippen MR) is 53.8 cm³/mol. The summed E-state index contributed by atoms with van der Waals surface area (Å²) >= 11 is 0. The molecule has 1 heterocycles. The van der Waals surface area contributed by atoms with E-state index in [0.29, 0.717) is 19.4 Å². The number of nitrogens with zero attached hydrogens (tertiary/aromatic N) is 1. The van der Waals surface area contributed by atoms with Crippen LogP contribution in [0.1, 0.15) is 12.8 Å². The highest BCUT2D eigenvalue weighted by Gasteiger charge is 2.35. The third kappa shape index (κ3) is 3.23. The van der Waals surface area contributed by atoms with Crippen LogP contribution in [0.3, 0.4) is 0 Å². The Labute approximate surface area is 97.8 Å². The first-order valence-electron chi connectivity index (χ1n) is 4.98. The van der Waals surface area contributed by atoms with Gasteiger partial charge in [0.2, 0.25) is 0 Å². The van der Waals surface area contributed by atoms with E-state index in [4.69, 9.17) is 4.74 Å². The fourth-order valence-electron chi connectivity index (χ4n) is 1.39. The average molecular weight is 246 g/mol. The summed E-state index contributed by atoms with van der Waals surface area (Å²) in [5.74, 6) is -0.585. The van der Waals surface area contributed by atoms with Crippen LogP contribution in [0.4, 0.5) is 9.59 Å². The van der Waals surface area contributed by atoms with Gasteiger partial charge in [-0.15, -0.1) is 0 Å². The minimum atomic E-state index is -0.893. The molecule has 1 N–H and O–H groups in total. The molecule has 0 aromatic carbocycles. The number of cyclic esters (lactones) is 1. The van der Waals surface area contributed by atoms with Gasteiger partial charge in [-0.1, -0.05) is 0 Å². The molecule has 0 aliphatic carbocycles. The van der Waals surface area contributed by atoms with Crippen LogP contribution < -0.4 is 5.43 Å². The Hall–Kier alpha value is -1.99. The number of hydrogen-bond donors (Lipinski definition) is 1. The van der Waals surface area contributed by atoms with E-state index >= 15 is 0 Å². The van der Waals surface area contributed by atoms with Crippen LogP contribution >= 0.6 is 0 Å². The second kappa shape index (κ2) is 5.92. The predicted octanol–water partition coefficient (Wildman–Crippen LogP) is 0.0314. The zero-order valence-electron chi connectivity index (χ0n) is 9.60. The summed E-state index contributed by atoms with van der Waals surface area (Å²) in [6, 6.07) is -0.893. The molecule has 1 aliphatic heterocycles. The zero-order chi connectivity index (χ0) is 12.8. The summed E-state index contributed by atoms with van der Waals surface area (Å²) in [5.41, 5.74) is 2.11. The Balaban J connectivity index is 2.77. The van der Waals surface area contributed by atoms with E-state index < -0.39 is 24.2 Å². The molecule has 1 aliphatic rings. The first-order valence-corrected chi connectivity index (χ1v) is 4.98. The van der Waals surface area contributed by atoms with Crippen molar-refractivity contribution in [1.82, 2.24) is 10.4 Å². The van der Waals surface area contributed by atoms with Crippen LogP contribution in [-0.2, 0) is 19.0 Å². The Morgan fingerprint density at radius 3 is 2.65 bits per heavy atom. The number of ether oxygens (including phenoxy) is 3. The van der Waals surface area contributed by atoms with E-state index in [1.54, 1.807) is 0 Å². The van der Waals surface area contributed by atoms with Gasteiger partial charge in [0.25, 0.3) is 0 Å². The second-order valence-corrected chi connectivity index (χ2v) is 3.27. The van der Waals surface area contributed by atoms with Gasteiger partial charge in [-0.25, -0.2) is 24.8 Å². The normalized spacial score (nSPS) is 18.9. The number of nitrogens with one attached hydrogen (secondary N) is 1. The summed E-state index contributed by atoms with van der Waals surface area (Å²) in [5, 5.41) is 0.771. The number of rotatable bonds is 1. The highest BCUT2D eigenvalue weighted by atomic mass is 16.6. The smallest absolute Gasteiger partial charge is 0.429 e. The summed E-state index contributed by atoms with van der Waals surface area (Å²) in [6.07, 6.45) is -0.738. The molecule has 0 saturated carbocycles. The highest BCUT2D eigenvalue weighted by Crippen LogP contribution is 2.14. The van der Waals surface area contributed by atoms with Crippen molar-refractivity contribution in [2.45, 2.75) is 18.9 Å². The van der Waals surface area contributed by atoms with Gasteiger partial charge in [-0.2, -0.15) is 0 Å². The van der Waals surface area contributed by atoms with Crippen molar-refractivity contribution in [2.75, 3.05) is 20.8 Å². The van der Waals surface area contributed by atoms with E-state index in [0.717, 1.165) is 19.2 Å². The standard InChI is InChI=1S/C9H14N2O6/c1-15-8(13)10-11(9(14)16-2)6-4-3-5-17-7(6)12/h6H,3-5H2,1-2H3,(H,10,13). The van der Waals surface area contributed by atoms with Gasteiger partial charge in [-0.3, -0.25) is 0 Å². The molecule has 0 aromatic heterocycles. The van der Waals surface area contributed by atoms with Crippen LogP contribution in [0.15, 0.2) is 0 Å². The number of carbonyl (C=O) groups is 3. The largest absolute Gasteiger partial charge is 0.464 e. The summed E-state index contributed by atoms with van der Waals surface area (Å²) < 4.78 is 13.6. The molecular weight excluding hydrogens is 232 g/mol. The number of hydrazine groups is 1. The lowest BCUT2D eigenvalue weighted by Crippen LogP contribution is -2.56. The van der Waals surface area contributed by atoms with Gasteiger partial charge in [0, 0.05) is 0 Å². The molecule has 0 spiro atoms. The van der Waals surface area contributed by atoms with E-state index in [1.165, 1.54) is 0 Å². The number of hydrogen-bond acceptors (Lipinski definition) is 6. The van der Waals surface area contributed by atoms with E-state index in [9.17, 15) is 14.4 Å². The van der Waals surface area contributed by atoms with Gasteiger partial charge in [0.05, 0.1) is 20.8 Å². The van der Waals surface area contributed by atoms with Crippen molar-refractivity contribution < 1.29 is 28.6 Å². The molecule has 17 heavy (non-hydrogen) atoms. The summed E-state index contributed by atoms with van der Waals surface area (Å²) in [4.78, 5) is 34.0. The molecule has 0 bridgehead atoms. The minimum absolute atomic E-state index is 0.308. The molecule has 1 rings (SSSR count). The topological polar surface area (TPSA) is 94.2 Å². The molecule has 1 saturated heterocycles. The number of methoxy groups -OCH3 is 2. The van der Waals surface area contributed by atoms with E-state index in [2.05, 4.69) is 14.9 Å². The highest BCUT2D eigenvalue weighted by molar-refractivity contribution is 5.83. The Morgan fingerprint density at radius 2 is 2.12 bits per heavy atom. The van der Waals surface area contributed by atoms with Crippen molar-refractivity contribution in [3.63, 3.8) is 0 Å². The third-order valence-corrected chi connectivity index (χ3v) is 2.22. The summed E-state index contributed by atoms with van der Waals surface area (Å²) in [6.45, 7) is 0.308. The van der Waals surface area contributed by atoms with Crippen molar-refractivity contribution in [3.05, 3.63) is 0 Å². The van der Waals surface area contributed by atoms with Crippen molar-refractivity contribution in [2.24, 2.45) is 0 Å². The van der Waals surface area contributed by atoms with Crippen LogP contribution in [-0.4, -0.2) is 50.0 Å². The maximum Gasteiger partial charge on any atom is 0.429 e. The monoisotopic (exact) mass is 246 g/mol. The van der Waals surface area contributed by atoms with Gasteiger partial charge in [0.15, 0.2) is 6.04 Å². The lowest BCUT2D eigenvalue weighted by Gasteiger charge is -2.30. The van der Waals surface area contributed by atoms with E-state index in [1.807, 2.05) is 0 Å². The fourth-order valence-corrected chi connectivity index (χ4v) is 1.39. The van der Waals surface area contributed by atoms with Crippen molar-refractivity contribution >= 4 is 18.2 Å². The molecule has 2 amide bonds. The van der Waals surface area contributed by atoms with Crippen LogP contribution in [0.25, 0.3) is 0 Å². The SMILES string of the molecule is COC(=O)NN(C(=O)OC)C1CCCOC1=O. The lowest BCUT2D eigenvalue weighted by molar-refractivity contribution is -0.154. The van der Waals surface area contributed by atoms with Gasteiger partial charge in [-0.05, 0) is 12.8 Å². The molecule has 1 unspecified atom stereocenters. The molecule has 8 heteroatoms. The quantitative estimate of drug-likeness (QED) is 0.398. The molecule has 0 aromatic rings. The Kier molecular flexibility index (Phi) is 4.56. The van der Waals surface area contributed by atoms with E-state index in [-0.39, 0.29) is 0 Å². The van der Waals surface area contributed by atoms with Gasteiger partial charge >= 0.3 is 18.2 Å². The molecule has 8 nitrogen and oxygen atoms in total. The third-order valence-electron chi connectivity index (χ3n) is 2.22. The molecule has 96 valence electrons. The summed E-state index contributed by atoms with van der Waals surface area (Å²) in [7, 11) is 2.28. The maximum atomic E-state index is 11.5. The van der Waals surface area contributed by atoms with Crippen molar-refractivity contribution in [3.8, 4) is 0 Å². The molecular formula is C9H14N2O6. The van der Waals surface area contributed by atoms with Crippen LogP contribution in [0, 0.1) is 0 Å². The number of amides is 2. The Morgan fingerprint density at radius 1 is 1.41 bits per heavy atom. The Bertz CT molecular complexity index is 319. The maximum absolute atomic E-state index is 11.5. The molecule has 1 atom stereocenters. The van der Waals surface area contributed by atoms with Crippen molar-refractivity contribution in [1.29, 1.82) is 0 Å². The van der Waals surface area contributed by atoms with Gasteiger partial charge < -0.3 is 14.2 Å². The number of carbonyl (C=O) groups excluding carboxylic acids is 3. The number of esters is 1. The molecule has 1 fully saturated rings. The zero-order valence-corrected chi connectivity index (χ0v) is 9.60. The average Bonchev–Trinajstić information content (AvgIpc) is 2.35. The fraction of sp³-hybridized carbons (Fsp3) is 0.667. The first kappa shape index (κ1) is 13.1. The van der Waals surface area contributed by atoms with Crippen LogP contribution in [0.2, 0.25) is 0 Å². The lowest BCUT2D eigenvalue weighted by atomic mass is 10.1. The molecule has 0 radical (unpaired) electrons. The van der Waals surface area contributed by atoms with Crippen LogP contribution in [0.5, 0.6) is 0 Å². The first-order chi connectivity index (χ1) is 8.10. The van der Waals surface area contributed by atoms with Gasteiger partial charge in [0.1, 0.15) is 0 Å². The minimum Gasteiger partial charge on any atom is -0.464 e.